The maximum Gasteiger partial charge on any atom is 0.253 e. The number of aryl methyl sites for hydroxylation is 3. The van der Waals surface area contributed by atoms with Gasteiger partial charge in [0.2, 0.25) is 0 Å². The Kier molecular flexibility index (Phi) is 4.82. The molecule has 0 aliphatic carbocycles. The molecule has 0 unspecified atom stereocenters. The van der Waals surface area contributed by atoms with Crippen LogP contribution in [0.25, 0.3) is 0 Å². The third kappa shape index (κ3) is 3.88. The Labute approximate surface area is 119 Å². The molecule has 0 radical (unpaired) electrons. The third-order valence-electron chi connectivity index (χ3n) is 3.17. The lowest BCUT2D eigenvalue weighted by atomic mass is 10.1. The molecule has 4 nitrogen and oxygen atoms in total. The van der Waals surface area contributed by atoms with Crippen molar-refractivity contribution in [1.82, 2.24) is 15.3 Å². The summed E-state index contributed by atoms with van der Waals surface area (Å²) in [4.78, 5) is 20.2. The quantitative estimate of drug-likeness (QED) is 0.848. The van der Waals surface area contributed by atoms with Crippen LogP contribution in [0.1, 0.15) is 33.6 Å². The molecule has 1 amide bonds. The van der Waals surface area contributed by atoms with Crippen LogP contribution in [0.4, 0.5) is 0 Å². The highest BCUT2D eigenvalue weighted by Gasteiger charge is 2.08. The molecule has 0 saturated carbocycles. The van der Waals surface area contributed by atoms with Crippen molar-refractivity contribution in [2.24, 2.45) is 0 Å². The molecule has 104 valence electrons. The molecule has 2 heterocycles. The Morgan fingerprint density at radius 3 is 2.70 bits per heavy atom. The fourth-order valence-corrected chi connectivity index (χ4v) is 2.07. The fourth-order valence-electron chi connectivity index (χ4n) is 2.07. The van der Waals surface area contributed by atoms with E-state index in [2.05, 4.69) is 15.3 Å². The molecule has 0 aliphatic heterocycles. The third-order valence-corrected chi connectivity index (χ3v) is 3.17. The van der Waals surface area contributed by atoms with E-state index < -0.39 is 0 Å². The van der Waals surface area contributed by atoms with Crippen LogP contribution in [0, 0.1) is 13.8 Å². The number of nitrogens with one attached hydrogen (secondary N) is 1. The van der Waals surface area contributed by atoms with E-state index in [1.165, 1.54) is 5.56 Å². The van der Waals surface area contributed by atoms with Gasteiger partial charge in [-0.2, -0.15) is 0 Å². The number of pyridine rings is 2. The summed E-state index contributed by atoms with van der Waals surface area (Å²) in [5.74, 6) is -0.0512. The average molecular weight is 269 g/mol. The lowest BCUT2D eigenvalue weighted by Gasteiger charge is -2.08. The van der Waals surface area contributed by atoms with Crippen molar-refractivity contribution in [1.29, 1.82) is 0 Å². The molecule has 0 fully saturated rings. The highest BCUT2D eigenvalue weighted by Crippen LogP contribution is 2.07. The van der Waals surface area contributed by atoms with E-state index >= 15 is 0 Å². The van der Waals surface area contributed by atoms with Crippen molar-refractivity contribution in [2.75, 3.05) is 6.54 Å². The van der Waals surface area contributed by atoms with Gasteiger partial charge in [0.05, 0.1) is 5.56 Å². The minimum Gasteiger partial charge on any atom is -0.352 e. The number of aromatic nitrogens is 2. The maximum atomic E-state index is 12.0. The molecule has 4 heteroatoms. The van der Waals surface area contributed by atoms with Crippen LogP contribution in [0.5, 0.6) is 0 Å². The smallest absolute Gasteiger partial charge is 0.253 e. The maximum absolute atomic E-state index is 12.0. The Hall–Kier alpha value is -2.23. The standard InChI is InChI=1S/C16H19N3O/c1-12-10-13(2)19-11-15(12)16(20)18-7-3-4-14-5-8-17-9-6-14/h5-6,8-11H,3-4,7H2,1-2H3,(H,18,20). The number of hydrogen-bond donors (Lipinski definition) is 1. The molecule has 2 rings (SSSR count). The summed E-state index contributed by atoms with van der Waals surface area (Å²) < 4.78 is 0. The minimum atomic E-state index is -0.0512. The predicted octanol–water partition coefficient (Wildman–Crippen LogP) is 2.46. The van der Waals surface area contributed by atoms with Gasteiger partial charge < -0.3 is 5.32 Å². The van der Waals surface area contributed by atoms with Gasteiger partial charge in [0.1, 0.15) is 0 Å². The first-order chi connectivity index (χ1) is 9.66. The molecule has 0 atom stereocenters. The summed E-state index contributed by atoms with van der Waals surface area (Å²) in [5, 5.41) is 2.93. The normalized spacial score (nSPS) is 10.3. The molecule has 0 aliphatic rings. The number of nitrogens with zero attached hydrogens (tertiary/aromatic N) is 2. The molecular formula is C16H19N3O. The molecule has 0 bridgehead atoms. The van der Waals surface area contributed by atoms with E-state index in [0.717, 1.165) is 24.1 Å². The van der Waals surface area contributed by atoms with Gasteiger partial charge in [-0.3, -0.25) is 14.8 Å². The highest BCUT2D eigenvalue weighted by atomic mass is 16.1. The summed E-state index contributed by atoms with van der Waals surface area (Å²) in [6.07, 6.45) is 7.06. The molecule has 0 aromatic carbocycles. The van der Waals surface area contributed by atoms with Crippen LogP contribution >= 0.6 is 0 Å². The van der Waals surface area contributed by atoms with Gasteiger partial charge in [-0.1, -0.05) is 0 Å². The van der Waals surface area contributed by atoms with Crippen LogP contribution in [0.2, 0.25) is 0 Å². The van der Waals surface area contributed by atoms with Crippen molar-refractivity contribution in [3.63, 3.8) is 0 Å². The second kappa shape index (κ2) is 6.80. The zero-order valence-corrected chi connectivity index (χ0v) is 11.9. The average Bonchev–Trinajstić information content (AvgIpc) is 2.44. The van der Waals surface area contributed by atoms with E-state index in [9.17, 15) is 4.79 Å². The van der Waals surface area contributed by atoms with E-state index in [-0.39, 0.29) is 5.91 Å². The van der Waals surface area contributed by atoms with E-state index in [4.69, 9.17) is 0 Å². The monoisotopic (exact) mass is 269 g/mol. The van der Waals surface area contributed by atoms with Crippen LogP contribution in [0.15, 0.2) is 36.8 Å². The van der Waals surface area contributed by atoms with Crippen molar-refractivity contribution >= 4 is 5.91 Å². The van der Waals surface area contributed by atoms with Gasteiger partial charge in [0, 0.05) is 30.8 Å². The molecule has 1 N–H and O–H groups in total. The van der Waals surface area contributed by atoms with Crippen LogP contribution in [-0.4, -0.2) is 22.4 Å². The first-order valence-electron chi connectivity index (χ1n) is 6.77. The SMILES string of the molecule is Cc1cc(C)c(C(=O)NCCCc2ccncc2)cn1. The second-order valence-corrected chi connectivity index (χ2v) is 4.86. The molecule has 20 heavy (non-hydrogen) atoms. The Morgan fingerprint density at radius 1 is 1.25 bits per heavy atom. The van der Waals surface area contributed by atoms with Gasteiger partial charge in [0.15, 0.2) is 0 Å². The van der Waals surface area contributed by atoms with Gasteiger partial charge >= 0.3 is 0 Å². The molecule has 2 aromatic heterocycles. The Morgan fingerprint density at radius 2 is 2.00 bits per heavy atom. The zero-order valence-electron chi connectivity index (χ0n) is 11.9. The Bertz CT molecular complexity index is 582. The van der Waals surface area contributed by atoms with E-state index in [0.29, 0.717) is 12.1 Å². The van der Waals surface area contributed by atoms with Crippen LogP contribution in [-0.2, 0) is 6.42 Å². The first-order valence-corrected chi connectivity index (χ1v) is 6.77. The largest absolute Gasteiger partial charge is 0.352 e. The summed E-state index contributed by atoms with van der Waals surface area (Å²) in [6.45, 7) is 4.51. The first kappa shape index (κ1) is 14.2. The summed E-state index contributed by atoms with van der Waals surface area (Å²) in [7, 11) is 0. The summed E-state index contributed by atoms with van der Waals surface area (Å²) in [5.41, 5.74) is 3.78. The fraction of sp³-hybridized carbons (Fsp3) is 0.312. The van der Waals surface area contributed by atoms with Gasteiger partial charge in [-0.05, 0) is 56.0 Å². The minimum absolute atomic E-state index is 0.0512. The molecule has 2 aromatic rings. The predicted molar refractivity (Wildman–Crippen MR) is 78.6 cm³/mol. The van der Waals surface area contributed by atoms with Gasteiger partial charge in [-0.15, -0.1) is 0 Å². The van der Waals surface area contributed by atoms with Crippen molar-refractivity contribution in [3.8, 4) is 0 Å². The topological polar surface area (TPSA) is 54.9 Å². The number of rotatable bonds is 5. The number of carbonyl (C=O) groups excluding carboxylic acids is 1. The lowest BCUT2D eigenvalue weighted by Crippen LogP contribution is -2.25. The number of amides is 1. The molecule has 0 saturated heterocycles. The zero-order chi connectivity index (χ0) is 14.4. The van der Waals surface area contributed by atoms with E-state index in [1.807, 2.05) is 32.0 Å². The van der Waals surface area contributed by atoms with Crippen LogP contribution < -0.4 is 5.32 Å². The highest BCUT2D eigenvalue weighted by molar-refractivity contribution is 5.95. The summed E-state index contributed by atoms with van der Waals surface area (Å²) >= 11 is 0. The van der Waals surface area contributed by atoms with Crippen molar-refractivity contribution < 1.29 is 4.79 Å². The molecule has 0 spiro atoms. The van der Waals surface area contributed by atoms with Crippen molar-refractivity contribution in [3.05, 3.63) is 59.2 Å². The summed E-state index contributed by atoms with van der Waals surface area (Å²) in [6, 6.07) is 5.91. The lowest BCUT2D eigenvalue weighted by molar-refractivity contribution is 0.0952. The number of carbonyl (C=O) groups is 1. The van der Waals surface area contributed by atoms with E-state index in [1.54, 1.807) is 18.6 Å². The number of hydrogen-bond acceptors (Lipinski definition) is 3. The van der Waals surface area contributed by atoms with Gasteiger partial charge in [0.25, 0.3) is 5.91 Å². The Balaban J connectivity index is 1.80. The van der Waals surface area contributed by atoms with Crippen LogP contribution in [0.3, 0.4) is 0 Å². The molecular weight excluding hydrogens is 250 g/mol. The van der Waals surface area contributed by atoms with Gasteiger partial charge in [-0.25, -0.2) is 0 Å². The van der Waals surface area contributed by atoms with Crippen molar-refractivity contribution in [2.45, 2.75) is 26.7 Å². The second-order valence-electron chi connectivity index (χ2n) is 4.86.